The molecule has 15 heavy (non-hydrogen) atoms. The first kappa shape index (κ1) is 12.6. The lowest BCUT2D eigenvalue weighted by Crippen LogP contribution is -2.10. The quantitative estimate of drug-likeness (QED) is 0.665. The Labute approximate surface area is 100 Å². The molecule has 3 nitrogen and oxygen atoms in total. The van der Waals surface area contributed by atoms with Gasteiger partial charge in [-0.2, -0.15) is 0 Å². The van der Waals surface area contributed by atoms with Crippen LogP contribution < -0.4 is 10.5 Å². The zero-order valence-electron chi connectivity index (χ0n) is 7.92. The molecule has 0 bridgehead atoms. The molecule has 0 radical (unpaired) electrons. The summed E-state index contributed by atoms with van der Waals surface area (Å²) in [5.41, 5.74) is 7.10. The summed E-state index contributed by atoms with van der Waals surface area (Å²) in [5, 5.41) is 0. The molecule has 0 aliphatic heterocycles. The second kappa shape index (κ2) is 6.16. The van der Waals surface area contributed by atoms with Gasteiger partial charge in [0.2, 0.25) is 5.88 Å². The molecule has 0 aliphatic rings. The van der Waals surface area contributed by atoms with Gasteiger partial charge in [0.25, 0.3) is 6.43 Å². The molecule has 0 amide bonds. The highest BCUT2D eigenvalue weighted by molar-refractivity contribution is 14.1. The average molecular weight is 328 g/mol. The van der Waals surface area contributed by atoms with Crippen molar-refractivity contribution in [3.05, 3.63) is 23.4 Å². The second-order valence-corrected chi connectivity index (χ2v) is 3.61. The first-order chi connectivity index (χ1) is 7.17. The van der Waals surface area contributed by atoms with E-state index >= 15 is 0 Å². The lowest BCUT2D eigenvalue weighted by molar-refractivity contribution is 0.0792. The molecule has 0 spiro atoms. The normalized spacial score (nSPS) is 10.7. The summed E-state index contributed by atoms with van der Waals surface area (Å²) >= 11 is 2.12. The molecular weight excluding hydrogens is 317 g/mol. The zero-order chi connectivity index (χ0) is 11.3. The summed E-state index contributed by atoms with van der Waals surface area (Å²) in [6.07, 6.45) is -0.945. The Balaban J connectivity index is 2.78. The van der Waals surface area contributed by atoms with Crippen molar-refractivity contribution in [3.63, 3.8) is 0 Å². The molecule has 1 aromatic rings. The van der Waals surface area contributed by atoms with Crippen molar-refractivity contribution in [2.75, 3.05) is 6.61 Å². The van der Waals surface area contributed by atoms with E-state index in [-0.39, 0.29) is 5.88 Å². The number of pyridine rings is 1. The van der Waals surface area contributed by atoms with Crippen molar-refractivity contribution >= 4 is 22.6 Å². The minimum atomic E-state index is -2.48. The third-order valence-corrected chi connectivity index (χ3v) is 2.53. The maximum atomic E-state index is 11.9. The summed E-state index contributed by atoms with van der Waals surface area (Å²) in [7, 11) is 0. The fourth-order valence-corrected chi connectivity index (χ4v) is 1.57. The Hall–Kier alpha value is -0.500. The van der Waals surface area contributed by atoms with Crippen LogP contribution in [0.3, 0.4) is 0 Å². The number of hydrogen-bond donors (Lipinski definition) is 1. The Morgan fingerprint density at radius 3 is 2.80 bits per heavy atom. The van der Waals surface area contributed by atoms with Gasteiger partial charge in [0, 0.05) is 22.7 Å². The smallest absolute Gasteiger partial charge is 0.272 e. The van der Waals surface area contributed by atoms with Crippen LogP contribution in [-0.2, 0) is 11.0 Å². The maximum Gasteiger partial charge on any atom is 0.272 e. The number of rotatable bonds is 5. The van der Waals surface area contributed by atoms with E-state index in [0.717, 1.165) is 11.1 Å². The van der Waals surface area contributed by atoms with Crippen LogP contribution in [0.1, 0.15) is 11.1 Å². The van der Waals surface area contributed by atoms with E-state index in [1.807, 2.05) is 6.07 Å². The van der Waals surface area contributed by atoms with Crippen molar-refractivity contribution in [1.82, 2.24) is 4.98 Å². The third kappa shape index (κ3) is 3.86. The molecule has 0 atom stereocenters. The number of nitrogens with zero attached hydrogens (tertiary/aromatic N) is 1. The van der Waals surface area contributed by atoms with Crippen LogP contribution in [0.5, 0.6) is 5.88 Å². The Bertz CT molecular complexity index is 323. The molecule has 0 fully saturated rings. The van der Waals surface area contributed by atoms with Crippen LogP contribution in [0, 0.1) is 0 Å². The molecule has 0 aromatic carbocycles. The van der Waals surface area contributed by atoms with E-state index in [0.29, 0.717) is 11.0 Å². The predicted octanol–water partition coefficient (Wildman–Crippen LogP) is 2.12. The van der Waals surface area contributed by atoms with Crippen LogP contribution in [0.4, 0.5) is 8.78 Å². The highest BCUT2D eigenvalue weighted by Gasteiger charge is 2.09. The molecule has 0 saturated carbocycles. The van der Waals surface area contributed by atoms with Gasteiger partial charge in [0.1, 0.15) is 0 Å². The van der Waals surface area contributed by atoms with Crippen molar-refractivity contribution < 1.29 is 13.5 Å². The van der Waals surface area contributed by atoms with Gasteiger partial charge in [-0.1, -0.05) is 22.6 Å². The first-order valence-electron chi connectivity index (χ1n) is 4.32. The molecule has 1 rings (SSSR count). The van der Waals surface area contributed by atoms with Crippen LogP contribution in [0.25, 0.3) is 0 Å². The van der Waals surface area contributed by atoms with Crippen molar-refractivity contribution in [2.45, 2.75) is 17.4 Å². The summed E-state index contributed by atoms with van der Waals surface area (Å²) in [4.78, 5) is 3.95. The summed E-state index contributed by atoms with van der Waals surface area (Å²) < 4.78 is 29.4. The van der Waals surface area contributed by atoms with Gasteiger partial charge < -0.3 is 10.5 Å². The van der Waals surface area contributed by atoms with Gasteiger partial charge in [-0.3, -0.25) is 0 Å². The summed E-state index contributed by atoms with van der Waals surface area (Å²) in [5.74, 6) is 0.266. The van der Waals surface area contributed by atoms with Gasteiger partial charge in [-0.15, -0.1) is 0 Å². The van der Waals surface area contributed by atoms with E-state index in [1.54, 1.807) is 0 Å². The molecule has 2 N–H and O–H groups in total. The maximum absolute atomic E-state index is 11.9. The van der Waals surface area contributed by atoms with E-state index in [4.69, 9.17) is 10.5 Å². The van der Waals surface area contributed by atoms with Gasteiger partial charge in [0.15, 0.2) is 6.61 Å². The summed E-state index contributed by atoms with van der Waals surface area (Å²) in [6.45, 7) is -0.246. The van der Waals surface area contributed by atoms with Crippen LogP contribution in [-0.4, -0.2) is 18.0 Å². The van der Waals surface area contributed by atoms with Crippen molar-refractivity contribution in [2.24, 2.45) is 5.73 Å². The van der Waals surface area contributed by atoms with Gasteiger partial charge in [-0.05, 0) is 11.6 Å². The number of alkyl halides is 3. The number of aromatic nitrogens is 1. The molecule has 1 aromatic heterocycles. The SMILES string of the molecule is NCc1cnc(OCC(F)F)c(CI)c1. The summed E-state index contributed by atoms with van der Waals surface area (Å²) in [6, 6.07) is 1.82. The van der Waals surface area contributed by atoms with Crippen LogP contribution in [0.15, 0.2) is 12.3 Å². The molecule has 0 saturated heterocycles. The van der Waals surface area contributed by atoms with Gasteiger partial charge in [0.05, 0.1) is 0 Å². The van der Waals surface area contributed by atoms with Gasteiger partial charge in [-0.25, -0.2) is 13.8 Å². The zero-order valence-corrected chi connectivity index (χ0v) is 10.1. The van der Waals surface area contributed by atoms with E-state index in [9.17, 15) is 8.78 Å². The van der Waals surface area contributed by atoms with E-state index in [2.05, 4.69) is 27.6 Å². The van der Waals surface area contributed by atoms with Crippen LogP contribution in [0.2, 0.25) is 0 Å². The van der Waals surface area contributed by atoms with Crippen molar-refractivity contribution in [3.8, 4) is 5.88 Å². The Morgan fingerprint density at radius 2 is 2.27 bits per heavy atom. The fourth-order valence-electron chi connectivity index (χ4n) is 1.03. The standard InChI is InChI=1S/C9H11F2IN2O/c10-8(11)5-15-9-7(2-12)1-6(3-13)4-14-9/h1,4,8H,2-3,5,13H2. The average Bonchev–Trinajstić information content (AvgIpc) is 2.25. The third-order valence-electron chi connectivity index (χ3n) is 1.71. The minimum Gasteiger partial charge on any atom is -0.471 e. The molecule has 1 heterocycles. The molecule has 6 heteroatoms. The monoisotopic (exact) mass is 328 g/mol. The van der Waals surface area contributed by atoms with E-state index < -0.39 is 13.0 Å². The number of nitrogens with two attached hydrogens (primary N) is 1. The molecule has 84 valence electrons. The Kier molecular flexibility index (Phi) is 5.16. The molecular formula is C9H11F2IN2O. The number of halogens is 3. The number of ether oxygens (including phenoxy) is 1. The highest BCUT2D eigenvalue weighted by Crippen LogP contribution is 2.20. The van der Waals surface area contributed by atoms with Crippen molar-refractivity contribution in [1.29, 1.82) is 0 Å². The minimum absolute atomic E-state index is 0.266. The number of hydrogen-bond acceptors (Lipinski definition) is 3. The second-order valence-electron chi connectivity index (χ2n) is 2.85. The largest absolute Gasteiger partial charge is 0.471 e. The van der Waals surface area contributed by atoms with Gasteiger partial charge >= 0.3 is 0 Å². The fraction of sp³-hybridized carbons (Fsp3) is 0.444. The lowest BCUT2D eigenvalue weighted by Gasteiger charge is -2.09. The highest BCUT2D eigenvalue weighted by atomic mass is 127. The molecule has 0 aliphatic carbocycles. The molecule has 0 unspecified atom stereocenters. The first-order valence-corrected chi connectivity index (χ1v) is 5.84. The predicted molar refractivity (Wildman–Crippen MR) is 61.4 cm³/mol. The lowest BCUT2D eigenvalue weighted by atomic mass is 10.2. The van der Waals surface area contributed by atoms with E-state index in [1.165, 1.54) is 6.20 Å². The van der Waals surface area contributed by atoms with Crippen LogP contribution >= 0.6 is 22.6 Å². The topological polar surface area (TPSA) is 48.1 Å². The Morgan fingerprint density at radius 1 is 1.53 bits per heavy atom.